The van der Waals surface area contributed by atoms with Crippen LogP contribution in [-0.4, -0.2) is 28.5 Å². The molecule has 0 spiro atoms. The summed E-state index contributed by atoms with van der Waals surface area (Å²) in [6.45, 7) is 0. The second-order valence-corrected chi connectivity index (χ2v) is 7.60. The van der Waals surface area contributed by atoms with Gasteiger partial charge >= 0.3 is 0 Å². The number of hydrogen-bond donors (Lipinski definition) is 2. The summed E-state index contributed by atoms with van der Waals surface area (Å²) in [4.78, 5) is 26.2. The zero-order chi connectivity index (χ0) is 22.5. The van der Waals surface area contributed by atoms with Gasteiger partial charge in [0.1, 0.15) is 5.82 Å². The number of benzene rings is 1. The Kier molecular flexibility index (Phi) is 5.52. The molecule has 0 aliphatic carbocycles. The molecule has 0 aliphatic rings. The van der Waals surface area contributed by atoms with Crippen LogP contribution in [0.5, 0.6) is 11.8 Å². The van der Waals surface area contributed by atoms with E-state index in [9.17, 15) is 24.2 Å². The molecule has 0 fully saturated rings. The Morgan fingerprint density at radius 3 is 1.67 bits per heavy atom. The van der Waals surface area contributed by atoms with Crippen molar-refractivity contribution in [1.29, 1.82) is 0 Å². The molecule has 0 amide bonds. The Hall–Kier alpha value is -3.05. The fourth-order valence-electron chi connectivity index (χ4n) is 3.39. The smallest absolute Gasteiger partial charge is 0.262 e. The van der Waals surface area contributed by atoms with E-state index in [1.165, 1.54) is 55.5 Å². The lowest BCUT2D eigenvalue weighted by Crippen LogP contribution is -2.33. The van der Waals surface area contributed by atoms with Gasteiger partial charge in [-0.25, -0.2) is 4.39 Å². The van der Waals surface area contributed by atoms with Gasteiger partial charge in [0.15, 0.2) is 9.54 Å². The van der Waals surface area contributed by atoms with Crippen LogP contribution in [0, 0.1) is 15.4 Å². The highest BCUT2D eigenvalue weighted by Gasteiger charge is 2.32. The molecule has 3 rings (SSSR count). The first-order valence-corrected chi connectivity index (χ1v) is 9.53. The van der Waals surface area contributed by atoms with Crippen LogP contribution in [0.15, 0.2) is 33.9 Å². The molecular formula is C19H19FN4O4S2. The highest BCUT2D eigenvalue weighted by Crippen LogP contribution is 2.36. The Bertz CT molecular complexity index is 1330. The van der Waals surface area contributed by atoms with Crippen molar-refractivity contribution >= 4 is 24.4 Å². The second kappa shape index (κ2) is 7.65. The van der Waals surface area contributed by atoms with Crippen molar-refractivity contribution in [1.82, 2.24) is 18.3 Å². The summed E-state index contributed by atoms with van der Waals surface area (Å²) in [6, 6.07) is 5.24. The van der Waals surface area contributed by atoms with Gasteiger partial charge in [-0.05, 0) is 42.1 Å². The van der Waals surface area contributed by atoms with Crippen molar-refractivity contribution < 1.29 is 14.6 Å². The highest BCUT2D eigenvalue weighted by atomic mass is 32.1. The lowest BCUT2D eigenvalue weighted by atomic mass is 9.86. The minimum Gasteiger partial charge on any atom is -0.494 e. The summed E-state index contributed by atoms with van der Waals surface area (Å²) in [5.74, 6) is -2.90. The van der Waals surface area contributed by atoms with Crippen molar-refractivity contribution in [3.63, 3.8) is 0 Å². The van der Waals surface area contributed by atoms with Crippen LogP contribution in [0.3, 0.4) is 0 Å². The fourth-order valence-corrected chi connectivity index (χ4v) is 3.73. The highest BCUT2D eigenvalue weighted by molar-refractivity contribution is 7.71. The minimum absolute atomic E-state index is 0.0443. The zero-order valence-electron chi connectivity index (χ0n) is 16.6. The van der Waals surface area contributed by atoms with E-state index in [2.05, 4.69) is 0 Å². The summed E-state index contributed by atoms with van der Waals surface area (Å²) in [6.07, 6.45) is 0. The molecule has 1 aromatic carbocycles. The number of halogens is 1. The molecule has 30 heavy (non-hydrogen) atoms. The van der Waals surface area contributed by atoms with E-state index in [4.69, 9.17) is 24.4 Å². The number of aromatic hydroxyl groups is 2. The van der Waals surface area contributed by atoms with Crippen LogP contribution in [-0.2, 0) is 28.2 Å². The molecule has 2 N–H and O–H groups in total. The molecular weight excluding hydrogens is 431 g/mol. The predicted molar refractivity (Wildman–Crippen MR) is 114 cm³/mol. The van der Waals surface area contributed by atoms with Gasteiger partial charge in [-0.15, -0.1) is 0 Å². The molecule has 3 aromatic rings. The first-order chi connectivity index (χ1) is 14.0. The molecule has 0 saturated carbocycles. The molecule has 0 radical (unpaired) electrons. The average Bonchev–Trinajstić information content (AvgIpc) is 2.72. The predicted octanol–water partition coefficient (Wildman–Crippen LogP) is 1.95. The lowest BCUT2D eigenvalue weighted by Gasteiger charge is -2.23. The summed E-state index contributed by atoms with van der Waals surface area (Å²) < 4.78 is 18.8. The molecule has 0 atom stereocenters. The lowest BCUT2D eigenvalue weighted by molar-refractivity contribution is 0.395. The fraction of sp³-hybridized carbons (Fsp3) is 0.263. The van der Waals surface area contributed by atoms with E-state index < -0.39 is 34.6 Å². The average molecular weight is 451 g/mol. The van der Waals surface area contributed by atoms with Crippen molar-refractivity contribution in [2.24, 2.45) is 28.2 Å². The van der Waals surface area contributed by atoms with Crippen LogP contribution < -0.4 is 11.1 Å². The molecule has 158 valence electrons. The van der Waals surface area contributed by atoms with E-state index in [0.717, 1.165) is 15.2 Å². The van der Waals surface area contributed by atoms with Crippen molar-refractivity contribution in [3.05, 3.63) is 77.0 Å². The monoisotopic (exact) mass is 450 g/mol. The summed E-state index contributed by atoms with van der Waals surface area (Å²) in [5.41, 5.74) is -1.65. The molecule has 0 saturated heterocycles. The van der Waals surface area contributed by atoms with Gasteiger partial charge in [0.25, 0.3) is 11.1 Å². The van der Waals surface area contributed by atoms with E-state index in [1.807, 2.05) is 0 Å². The van der Waals surface area contributed by atoms with Crippen LogP contribution in [0.4, 0.5) is 4.39 Å². The first-order valence-electron chi connectivity index (χ1n) is 8.72. The molecule has 2 aromatic heterocycles. The van der Waals surface area contributed by atoms with Gasteiger partial charge in [0, 0.05) is 28.2 Å². The summed E-state index contributed by atoms with van der Waals surface area (Å²) >= 11 is 10.3. The van der Waals surface area contributed by atoms with Crippen LogP contribution in [0.1, 0.15) is 22.6 Å². The van der Waals surface area contributed by atoms with E-state index in [1.54, 1.807) is 0 Å². The van der Waals surface area contributed by atoms with Crippen molar-refractivity contribution in [2.75, 3.05) is 0 Å². The molecule has 8 nitrogen and oxygen atoms in total. The normalized spacial score (nSPS) is 11.3. The van der Waals surface area contributed by atoms with E-state index >= 15 is 0 Å². The second-order valence-electron chi connectivity index (χ2n) is 6.87. The standard InChI is InChI=1S/C19H19FN4O4S2/c1-21-14(25)12(15(26)22(2)18(21)29)11(9-6-5-7-10(20)8-9)13-16(27)23(3)19(30)24(4)17(13)28/h5-8,11,25,27H,1-4H3. The van der Waals surface area contributed by atoms with Gasteiger partial charge in [-0.3, -0.25) is 27.9 Å². The van der Waals surface area contributed by atoms with Gasteiger partial charge < -0.3 is 10.2 Å². The van der Waals surface area contributed by atoms with Crippen LogP contribution in [0.25, 0.3) is 0 Å². The van der Waals surface area contributed by atoms with Gasteiger partial charge in [0.2, 0.25) is 11.8 Å². The molecule has 2 heterocycles. The zero-order valence-corrected chi connectivity index (χ0v) is 18.2. The Morgan fingerprint density at radius 1 is 0.833 bits per heavy atom. The number of aromatic nitrogens is 4. The minimum atomic E-state index is -1.29. The number of rotatable bonds is 3. The molecule has 0 aliphatic heterocycles. The summed E-state index contributed by atoms with van der Waals surface area (Å²) in [5, 5.41) is 21.6. The SMILES string of the molecule is Cn1c(O)c(C(c2cccc(F)c2)c2c(O)n(C)c(=S)n(C)c2=O)c(=O)n(C)c1=S. The largest absolute Gasteiger partial charge is 0.494 e. The third-order valence-corrected chi connectivity index (χ3v) is 6.19. The number of nitrogens with zero attached hydrogens (tertiary/aromatic N) is 4. The maximum atomic E-state index is 14.1. The molecule has 11 heteroatoms. The van der Waals surface area contributed by atoms with Gasteiger partial charge in [-0.1, -0.05) is 12.1 Å². The Balaban J connectivity index is 2.59. The van der Waals surface area contributed by atoms with E-state index in [-0.39, 0.29) is 26.2 Å². The van der Waals surface area contributed by atoms with Gasteiger partial charge in [0.05, 0.1) is 17.0 Å². The molecule has 0 unspecified atom stereocenters. The Morgan fingerprint density at radius 2 is 1.27 bits per heavy atom. The number of hydrogen-bond acceptors (Lipinski definition) is 6. The third-order valence-electron chi connectivity index (χ3n) is 5.09. The topological polar surface area (TPSA) is 94.3 Å². The van der Waals surface area contributed by atoms with Crippen LogP contribution >= 0.6 is 24.4 Å². The van der Waals surface area contributed by atoms with Crippen molar-refractivity contribution in [2.45, 2.75) is 5.92 Å². The maximum absolute atomic E-state index is 14.1. The van der Waals surface area contributed by atoms with Crippen molar-refractivity contribution in [3.8, 4) is 11.8 Å². The van der Waals surface area contributed by atoms with Gasteiger partial charge in [-0.2, -0.15) is 0 Å². The third kappa shape index (κ3) is 3.19. The van der Waals surface area contributed by atoms with Crippen LogP contribution in [0.2, 0.25) is 0 Å². The first kappa shape index (κ1) is 21.7. The molecule has 0 bridgehead atoms. The maximum Gasteiger partial charge on any atom is 0.262 e. The van der Waals surface area contributed by atoms with E-state index in [0.29, 0.717) is 0 Å². The quantitative estimate of drug-likeness (QED) is 0.593. The Labute approximate surface area is 180 Å². The summed E-state index contributed by atoms with van der Waals surface area (Å²) in [7, 11) is 5.74.